The van der Waals surface area contributed by atoms with Gasteiger partial charge in [-0.3, -0.25) is 38.6 Å². The molecule has 0 saturated carbocycles. The van der Waals surface area contributed by atoms with Crippen LogP contribution in [0.25, 0.3) is 0 Å². The van der Waals surface area contributed by atoms with Crippen LogP contribution in [0.3, 0.4) is 0 Å². The lowest BCUT2D eigenvalue weighted by atomic mass is 9.85. The molecule has 2 aliphatic heterocycles. The summed E-state index contributed by atoms with van der Waals surface area (Å²) in [7, 11) is 2.94. The number of urea groups is 2. The van der Waals surface area contributed by atoms with E-state index in [2.05, 4.69) is 41.6 Å². The zero-order valence-electron chi connectivity index (χ0n) is 63.0. The number of ether oxygens (including phenoxy) is 3. The van der Waals surface area contributed by atoms with Crippen LogP contribution < -0.4 is 36.6 Å². The van der Waals surface area contributed by atoms with E-state index in [1.165, 1.54) is 36.2 Å². The molecular weight excluding hydrogens is 1330 g/mol. The zero-order valence-corrected chi connectivity index (χ0v) is 63.0. The third-order valence-corrected chi connectivity index (χ3v) is 17.4. The molecule has 6 rings (SSSR count). The second-order valence-electron chi connectivity index (χ2n) is 30.0. The first-order chi connectivity index (χ1) is 48.8. The van der Waals surface area contributed by atoms with Crippen molar-refractivity contribution in [2.75, 3.05) is 77.1 Å². The lowest BCUT2D eigenvalue weighted by molar-refractivity contribution is -0.142. The van der Waals surface area contributed by atoms with E-state index in [9.17, 15) is 52.7 Å². The van der Waals surface area contributed by atoms with E-state index < -0.39 is 94.3 Å². The Morgan fingerprint density at radius 2 is 0.913 bits per heavy atom. The number of rotatable bonds is 26. The summed E-state index contributed by atoms with van der Waals surface area (Å²) in [5.74, 6) is -1.99. The van der Waals surface area contributed by atoms with Gasteiger partial charge in [0.2, 0.25) is 41.5 Å². The molecule has 0 spiro atoms. The van der Waals surface area contributed by atoms with E-state index in [1.54, 1.807) is 124 Å². The molecule has 2 aliphatic rings. The number of carbonyl (C=O) groups excluding carboxylic acids is 11. The summed E-state index contributed by atoms with van der Waals surface area (Å²) >= 11 is 0. The number of nitriles is 1. The van der Waals surface area contributed by atoms with Gasteiger partial charge >= 0.3 is 24.2 Å². The number of nitrogens with one attached hydrogen (secondary N) is 6. The maximum absolute atomic E-state index is 14.5. The quantitative estimate of drug-likeness (QED) is 0.0194. The van der Waals surface area contributed by atoms with Crippen LogP contribution in [-0.4, -0.2) is 209 Å². The van der Waals surface area contributed by atoms with Gasteiger partial charge in [0.05, 0.1) is 18.8 Å². The van der Waals surface area contributed by atoms with Crippen LogP contribution in [0.15, 0.2) is 114 Å². The van der Waals surface area contributed by atoms with Crippen LogP contribution >= 0.6 is 0 Å². The third kappa shape index (κ3) is 27.3. The Labute approximate surface area is 611 Å². The molecule has 6 N–H and O–H groups in total. The molecule has 104 heavy (non-hydrogen) atoms. The fourth-order valence-corrected chi connectivity index (χ4v) is 11.3. The summed E-state index contributed by atoms with van der Waals surface area (Å²) in [4.78, 5) is 159. The number of anilines is 2. The van der Waals surface area contributed by atoms with Crippen molar-refractivity contribution < 1.29 is 67.0 Å². The molecule has 12 amide bonds. The fourth-order valence-electron chi connectivity index (χ4n) is 11.3. The summed E-state index contributed by atoms with van der Waals surface area (Å²) in [5, 5.41) is 24.7. The normalized spacial score (nSPS) is 15.4. The minimum atomic E-state index is -0.964. The van der Waals surface area contributed by atoms with Gasteiger partial charge in [0.15, 0.2) is 0 Å². The van der Waals surface area contributed by atoms with Gasteiger partial charge in [0.1, 0.15) is 41.1 Å². The number of benzene rings is 4. The molecule has 2 heterocycles. The van der Waals surface area contributed by atoms with Gasteiger partial charge in [-0.05, 0) is 164 Å². The van der Waals surface area contributed by atoms with Crippen molar-refractivity contribution >= 4 is 82.8 Å². The molecule has 0 bridgehead atoms. The average molecular weight is 1440 g/mol. The lowest BCUT2D eigenvalue weighted by Crippen LogP contribution is -2.60. The smallest absolute Gasteiger partial charge is 0.410 e. The van der Waals surface area contributed by atoms with E-state index in [-0.39, 0.29) is 49.8 Å². The maximum atomic E-state index is 14.5. The molecule has 4 aromatic rings. The van der Waals surface area contributed by atoms with Gasteiger partial charge in [0, 0.05) is 76.8 Å². The van der Waals surface area contributed by atoms with Crippen LogP contribution in [0.5, 0.6) is 5.75 Å². The standard InChI is InChI=1S/C68H102N12O12.C8H4N2O2/c1-45(75(15)63(89)91-67(9,10)11)57(83)73-55(65(3,4)5)59(85)79-37-23-29-51(79)43-77(39-35-47-25-19-17-20-26-47)53(81)41-69-61(87)71-49-31-33-50(34-32-49)72-62(88)70-42-54(82)78(40-36-48-27-21-18-22-28-48)44-52-30-24-38-80(52)60(86)56(66(6,7)8)74-58(84)46(2)76(16)64(90)92-68(12,13)14;9-5-12-8-3-1-7(2-4-8)10-6-11/h17-22,25-28,31-34,45-46,51-52,55-56H,23-24,29-30,35-44H2,1-16H3,(H,73,83)(H,74,84)(H2,69,71,87)(H2,70,72,88);1-4H/t45-,46-,51-,52-,55+,56+;/m0./s1. The van der Waals surface area contributed by atoms with E-state index in [1.807, 2.05) is 102 Å². The van der Waals surface area contributed by atoms with Gasteiger partial charge in [-0.25, -0.2) is 24.0 Å². The number of aliphatic imine (C=N–C) groups is 1. The summed E-state index contributed by atoms with van der Waals surface area (Å²) in [6.45, 7) is 25.7. The van der Waals surface area contributed by atoms with Crippen LogP contribution in [0.4, 0.5) is 36.2 Å². The highest BCUT2D eigenvalue weighted by molar-refractivity contribution is 5.96. The number of likely N-dealkylation sites (N-methyl/N-ethyl adjacent to an activating group) is 2. The van der Waals surface area contributed by atoms with Crippen molar-refractivity contribution in [2.45, 2.75) is 183 Å². The molecule has 0 radical (unpaired) electrons. The SMILES string of the molecule is C[C@@H](C(=O)N[C@H](C(=O)N1CCC[C@H]1CN(CCc1ccccc1)C(=O)CNC(=O)Nc1ccc(NC(=O)NCC(=O)N(CCc2ccccc2)C[C@@H]2CCCN2C(=O)[C@@H](NC(=O)[C@H](C)N(C)C(=O)OC(C)(C)C)C(C)(C)C)cc1)C(C)(C)C)N(C)C(=O)OC(C)(C)C.N#COc1ccc(N=C=O)cc1. The van der Waals surface area contributed by atoms with E-state index in [4.69, 9.17) is 14.7 Å². The summed E-state index contributed by atoms with van der Waals surface area (Å²) < 4.78 is 15.4. The summed E-state index contributed by atoms with van der Waals surface area (Å²) in [5.41, 5.74) is 0.171. The Kier molecular flexibility index (Phi) is 31.3. The molecule has 28 heteroatoms. The lowest BCUT2D eigenvalue weighted by Gasteiger charge is -2.38. The number of hydrogen-bond donors (Lipinski definition) is 6. The van der Waals surface area contributed by atoms with Crippen molar-refractivity contribution in [2.24, 2.45) is 15.8 Å². The number of likely N-dealkylation sites (tertiary alicyclic amines) is 2. The number of isocyanates is 1. The third-order valence-electron chi connectivity index (χ3n) is 17.4. The molecule has 2 saturated heterocycles. The first-order valence-corrected chi connectivity index (χ1v) is 35.0. The molecular formula is C76H106N14O14. The summed E-state index contributed by atoms with van der Waals surface area (Å²) in [6.07, 6.45) is 5.15. The van der Waals surface area contributed by atoms with Crippen molar-refractivity contribution in [3.05, 3.63) is 120 Å². The van der Waals surface area contributed by atoms with Crippen molar-refractivity contribution in [3.8, 4) is 12.0 Å². The van der Waals surface area contributed by atoms with E-state index >= 15 is 0 Å². The van der Waals surface area contributed by atoms with Gasteiger partial charge in [-0.1, -0.05) is 102 Å². The average Bonchev–Trinajstić information content (AvgIpc) is 1.50. The predicted octanol–water partition coefficient (Wildman–Crippen LogP) is 9.14. The largest absolute Gasteiger partial charge is 0.444 e. The molecule has 0 aliphatic carbocycles. The second kappa shape index (κ2) is 38.6. The zero-order chi connectivity index (χ0) is 77.3. The minimum Gasteiger partial charge on any atom is -0.444 e. The second-order valence-corrected chi connectivity index (χ2v) is 30.0. The molecule has 564 valence electrons. The van der Waals surface area contributed by atoms with Crippen LogP contribution in [0.2, 0.25) is 0 Å². The van der Waals surface area contributed by atoms with E-state index in [0.717, 1.165) is 11.1 Å². The minimum absolute atomic E-state index is 0.176. The Hall–Kier alpha value is -10.6. The highest BCUT2D eigenvalue weighted by Crippen LogP contribution is 2.30. The van der Waals surface area contributed by atoms with Gasteiger partial charge in [-0.15, -0.1) is 5.26 Å². The van der Waals surface area contributed by atoms with Gasteiger partial charge in [-0.2, -0.15) is 4.99 Å². The number of hydrogen-bond acceptors (Lipinski definition) is 16. The molecule has 6 atom stereocenters. The highest BCUT2D eigenvalue weighted by Gasteiger charge is 2.44. The molecule has 4 aromatic carbocycles. The van der Waals surface area contributed by atoms with Crippen molar-refractivity contribution in [1.29, 1.82) is 5.26 Å². The number of carbonyl (C=O) groups is 10. The van der Waals surface area contributed by atoms with Crippen molar-refractivity contribution in [3.63, 3.8) is 0 Å². The van der Waals surface area contributed by atoms with Crippen LogP contribution in [0, 0.1) is 22.3 Å². The molecule has 2 fully saturated rings. The van der Waals surface area contributed by atoms with E-state index in [0.29, 0.717) is 87.5 Å². The molecule has 0 unspecified atom stereocenters. The first-order valence-electron chi connectivity index (χ1n) is 35.0. The summed E-state index contributed by atoms with van der Waals surface area (Å²) in [6, 6.07) is 25.8. The van der Waals surface area contributed by atoms with Crippen molar-refractivity contribution in [1.82, 2.24) is 50.7 Å². The Morgan fingerprint density at radius 1 is 0.548 bits per heavy atom. The molecule has 28 nitrogen and oxygen atoms in total. The van der Waals surface area contributed by atoms with Gasteiger partial charge in [0.25, 0.3) is 6.26 Å². The Morgan fingerprint density at radius 3 is 1.24 bits per heavy atom. The Bertz CT molecular complexity index is 3450. The fraction of sp³-hybridized carbons (Fsp3) is 0.526. The van der Waals surface area contributed by atoms with Gasteiger partial charge < -0.3 is 65.7 Å². The van der Waals surface area contributed by atoms with Crippen LogP contribution in [-0.2, 0) is 55.9 Å². The molecule has 0 aromatic heterocycles. The Balaban J connectivity index is 0.00000146. The maximum Gasteiger partial charge on any atom is 0.410 e. The number of nitrogens with zero attached hydrogens (tertiary/aromatic N) is 8. The predicted molar refractivity (Wildman–Crippen MR) is 394 cm³/mol. The number of amides is 12. The monoisotopic (exact) mass is 1440 g/mol. The van der Waals surface area contributed by atoms with Crippen LogP contribution in [0.1, 0.15) is 134 Å². The topological polar surface area (TPSA) is 343 Å². The first kappa shape index (κ1) is 84.1. The highest BCUT2D eigenvalue weighted by atomic mass is 16.6.